The van der Waals surface area contributed by atoms with Crippen LogP contribution in [0.2, 0.25) is 0 Å². The Bertz CT molecular complexity index is 885. The van der Waals surface area contributed by atoms with Crippen molar-refractivity contribution >= 4 is 49.9 Å². The van der Waals surface area contributed by atoms with Crippen LogP contribution in [0.1, 0.15) is 10.6 Å². The molecule has 4 rings (SSSR count). The zero-order valence-corrected chi connectivity index (χ0v) is 17.3. The highest BCUT2D eigenvalue weighted by Crippen LogP contribution is 2.26. The second kappa shape index (κ2) is 8.65. The number of halogens is 1. The van der Waals surface area contributed by atoms with Gasteiger partial charge < -0.3 is 4.90 Å². The Hall–Kier alpha value is -1.54. The van der Waals surface area contributed by atoms with Gasteiger partial charge in [-0.15, -0.1) is 11.3 Å². The van der Waals surface area contributed by atoms with E-state index in [1.54, 1.807) is 23.1 Å². The smallest absolute Gasteiger partial charge is 0.136 e. The Morgan fingerprint density at radius 3 is 2.56 bits per heavy atom. The standard InChI is InChI=1S/C20H20FN3S3/c21-16-7-5-15(6-8-16)13-23-9-11-24(12-10-23)20(25)26-14-19-22-17-3-1-2-4-18(17)27-19/h1-8H,9-14H2. The molecular formula is C20H20FN3S3. The van der Waals surface area contributed by atoms with E-state index >= 15 is 0 Å². The Balaban J connectivity index is 1.25. The number of thiazole rings is 1. The number of piperazine rings is 1. The van der Waals surface area contributed by atoms with Crippen molar-refractivity contribution in [3.63, 3.8) is 0 Å². The lowest BCUT2D eigenvalue weighted by molar-refractivity contribution is 0.179. The van der Waals surface area contributed by atoms with E-state index in [9.17, 15) is 4.39 Å². The molecule has 0 radical (unpaired) electrons. The zero-order chi connectivity index (χ0) is 18.6. The molecule has 0 N–H and O–H groups in total. The van der Waals surface area contributed by atoms with Gasteiger partial charge in [0.25, 0.3) is 0 Å². The first-order valence-corrected chi connectivity index (χ1v) is 11.1. The van der Waals surface area contributed by atoms with E-state index in [1.807, 2.05) is 24.3 Å². The summed E-state index contributed by atoms with van der Waals surface area (Å²) in [5.74, 6) is 0.646. The topological polar surface area (TPSA) is 19.4 Å². The number of fused-ring (bicyclic) bond motifs is 1. The molecule has 0 amide bonds. The van der Waals surface area contributed by atoms with Gasteiger partial charge in [0, 0.05) is 32.7 Å². The first-order valence-electron chi connectivity index (χ1n) is 8.90. The van der Waals surface area contributed by atoms with Crippen molar-refractivity contribution in [3.8, 4) is 0 Å². The van der Waals surface area contributed by atoms with Crippen LogP contribution in [0, 0.1) is 5.82 Å². The summed E-state index contributed by atoms with van der Waals surface area (Å²) in [5, 5.41) is 1.12. The molecule has 0 bridgehead atoms. The number of rotatable bonds is 4. The molecule has 27 heavy (non-hydrogen) atoms. The predicted octanol–water partition coefficient (Wildman–Crippen LogP) is 4.77. The van der Waals surface area contributed by atoms with Crippen LogP contribution in [-0.4, -0.2) is 45.3 Å². The lowest BCUT2D eigenvalue weighted by atomic mass is 10.2. The van der Waals surface area contributed by atoms with Gasteiger partial charge in [-0.1, -0.05) is 48.2 Å². The van der Waals surface area contributed by atoms with E-state index in [2.05, 4.69) is 26.9 Å². The van der Waals surface area contributed by atoms with Gasteiger partial charge >= 0.3 is 0 Å². The van der Waals surface area contributed by atoms with Crippen LogP contribution in [0.25, 0.3) is 10.2 Å². The number of hydrogen-bond donors (Lipinski definition) is 0. The quantitative estimate of drug-likeness (QED) is 0.568. The normalized spacial score (nSPS) is 15.4. The van der Waals surface area contributed by atoms with Gasteiger partial charge in [-0.05, 0) is 29.8 Å². The van der Waals surface area contributed by atoms with Crippen molar-refractivity contribution in [2.24, 2.45) is 0 Å². The van der Waals surface area contributed by atoms with Crippen molar-refractivity contribution in [2.75, 3.05) is 26.2 Å². The van der Waals surface area contributed by atoms with Gasteiger partial charge in [0.1, 0.15) is 15.1 Å². The Morgan fingerprint density at radius 1 is 1.07 bits per heavy atom. The maximum Gasteiger partial charge on any atom is 0.136 e. The molecule has 1 saturated heterocycles. The van der Waals surface area contributed by atoms with Gasteiger partial charge in [-0.3, -0.25) is 4.90 Å². The highest BCUT2D eigenvalue weighted by atomic mass is 32.2. The molecule has 1 aliphatic heterocycles. The average molecular weight is 418 g/mol. The molecule has 3 nitrogen and oxygen atoms in total. The maximum absolute atomic E-state index is 13.0. The fraction of sp³-hybridized carbons (Fsp3) is 0.300. The molecule has 0 aliphatic carbocycles. The summed E-state index contributed by atoms with van der Waals surface area (Å²) in [6.07, 6.45) is 0. The number of thioether (sulfide) groups is 1. The van der Waals surface area contributed by atoms with Crippen LogP contribution >= 0.6 is 35.3 Å². The van der Waals surface area contributed by atoms with Crippen molar-refractivity contribution in [1.29, 1.82) is 0 Å². The van der Waals surface area contributed by atoms with Crippen LogP contribution in [-0.2, 0) is 12.3 Å². The average Bonchev–Trinajstić information content (AvgIpc) is 3.11. The maximum atomic E-state index is 13.0. The minimum Gasteiger partial charge on any atom is -0.355 e. The number of thiocarbonyl (C=S) groups is 1. The van der Waals surface area contributed by atoms with E-state index in [0.717, 1.165) is 58.9 Å². The molecule has 1 aliphatic rings. The van der Waals surface area contributed by atoms with Gasteiger partial charge in [0.15, 0.2) is 0 Å². The monoisotopic (exact) mass is 417 g/mol. The molecule has 2 heterocycles. The van der Waals surface area contributed by atoms with E-state index in [0.29, 0.717) is 0 Å². The second-order valence-corrected chi connectivity index (χ2v) is 9.24. The summed E-state index contributed by atoms with van der Waals surface area (Å²) >= 11 is 9.09. The van der Waals surface area contributed by atoms with Gasteiger partial charge in [-0.25, -0.2) is 9.37 Å². The number of para-hydroxylation sites is 1. The molecule has 2 aromatic carbocycles. The van der Waals surface area contributed by atoms with Crippen LogP contribution in [0.3, 0.4) is 0 Å². The van der Waals surface area contributed by atoms with Crippen molar-refractivity contribution in [1.82, 2.24) is 14.8 Å². The van der Waals surface area contributed by atoms with Crippen LogP contribution in [0.15, 0.2) is 48.5 Å². The number of hydrogen-bond acceptors (Lipinski definition) is 5. The lowest BCUT2D eigenvalue weighted by Gasteiger charge is -2.35. The number of benzene rings is 2. The minimum atomic E-state index is -0.181. The summed E-state index contributed by atoms with van der Waals surface area (Å²) < 4.78 is 15.2. The van der Waals surface area contributed by atoms with E-state index < -0.39 is 0 Å². The van der Waals surface area contributed by atoms with Crippen molar-refractivity contribution in [3.05, 3.63) is 64.9 Å². The van der Waals surface area contributed by atoms with Crippen LogP contribution < -0.4 is 0 Å². The SMILES string of the molecule is Fc1ccc(CN2CCN(C(=S)SCc3nc4ccccc4s3)CC2)cc1. The predicted molar refractivity (Wildman–Crippen MR) is 117 cm³/mol. The molecule has 7 heteroatoms. The molecule has 1 fully saturated rings. The van der Waals surface area contributed by atoms with Gasteiger partial charge in [0.05, 0.1) is 16.0 Å². The molecular weight excluding hydrogens is 397 g/mol. The summed E-state index contributed by atoms with van der Waals surface area (Å²) in [4.78, 5) is 9.36. The Labute approximate surface area is 172 Å². The number of aromatic nitrogens is 1. The zero-order valence-electron chi connectivity index (χ0n) is 14.8. The Kier molecular flexibility index (Phi) is 6.02. The van der Waals surface area contributed by atoms with Gasteiger partial charge in [-0.2, -0.15) is 0 Å². The summed E-state index contributed by atoms with van der Waals surface area (Å²) in [6, 6.07) is 15.0. The highest BCUT2D eigenvalue weighted by molar-refractivity contribution is 8.22. The molecule has 0 saturated carbocycles. The third-order valence-electron chi connectivity index (χ3n) is 4.61. The highest BCUT2D eigenvalue weighted by Gasteiger charge is 2.19. The van der Waals surface area contributed by atoms with Crippen LogP contribution in [0.5, 0.6) is 0 Å². The fourth-order valence-electron chi connectivity index (χ4n) is 3.13. The summed E-state index contributed by atoms with van der Waals surface area (Å²) in [5.41, 5.74) is 2.22. The largest absolute Gasteiger partial charge is 0.355 e. The number of nitrogens with zero attached hydrogens (tertiary/aromatic N) is 3. The fourth-order valence-corrected chi connectivity index (χ4v) is 5.34. The third-order valence-corrected chi connectivity index (χ3v) is 7.36. The summed E-state index contributed by atoms with van der Waals surface area (Å²) in [7, 11) is 0. The molecule has 140 valence electrons. The van der Waals surface area contributed by atoms with E-state index in [1.165, 1.54) is 16.8 Å². The molecule has 1 aromatic heterocycles. The Morgan fingerprint density at radius 2 is 1.81 bits per heavy atom. The second-order valence-electron chi connectivity index (χ2n) is 6.52. The van der Waals surface area contributed by atoms with Crippen molar-refractivity contribution < 1.29 is 4.39 Å². The molecule has 0 atom stereocenters. The molecule has 0 unspecified atom stereocenters. The minimum absolute atomic E-state index is 0.181. The van der Waals surface area contributed by atoms with Crippen LogP contribution in [0.4, 0.5) is 4.39 Å². The summed E-state index contributed by atoms with van der Waals surface area (Å²) in [6.45, 7) is 4.68. The molecule has 0 spiro atoms. The third kappa shape index (κ3) is 4.85. The first kappa shape index (κ1) is 18.8. The van der Waals surface area contributed by atoms with Gasteiger partial charge in [0.2, 0.25) is 0 Å². The van der Waals surface area contributed by atoms with E-state index in [-0.39, 0.29) is 5.82 Å². The lowest BCUT2D eigenvalue weighted by Crippen LogP contribution is -2.47. The van der Waals surface area contributed by atoms with E-state index in [4.69, 9.17) is 12.2 Å². The molecule has 3 aromatic rings. The van der Waals surface area contributed by atoms with Crippen molar-refractivity contribution in [2.45, 2.75) is 12.3 Å². The first-order chi connectivity index (χ1) is 13.2.